The van der Waals surface area contributed by atoms with E-state index in [1.807, 2.05) is 6.07 Å². The second-order valence-electron chi connectivity index (χ2n) is 3.00. The highest BCUT2D eigenvalue weighted by atomic mass is 79.9. The van der Waals surface area contributed by atoms with Gasteiger partial charge in [-0.05, 0) is 15.9 Å². The highest BCUT2D eigenvalue weighted by Crippen LogP contribution is 2.44. The average Bonchev–Trinajstić information content (AvgIpc) is 2.64. The molecule has 0 bridgehead atoms. The standard InChI is InChI=1S/C10H11BrO3/c1-12-8-5-7-6(3-4-14-7)10(13-2)9(8)11/h5H,3-4H2,1-2H3. The number of hydrogen-bond donors (Lipinski definition) is 0. The third kappa shape index (κ3) is 1.34. The van der Waals surface area contributed by atoms with Gasteiger partial charge in [-0.15, -0.1) is 0 Å². The van der Waals surface area contributed by atoms with E-state index >= 15 is 0 Å². The van der Waals surface area contributed by atoms with Gasteiger partial charge in [-0.2, -0.15) is 0 Å². The fourth-order valence-corrected chi connectivity index (χ4v) is 2.29. The minimum Gasteiger partial charge on any atom is -0.495 e. The first-order chi connectivity index (χ1) is 6.77. The maximum absolute atomic E-state index is 5.46. The number of hydrogen-bond acceptors (Lipinski definition) is 3. The van der Waals surface area contributed by atoms with Crippen molar-refractivity contribution in [2.24, 2.45) is 0 Å². The molecule has 0 unspecified atom stereocenters. The van der Waals surface area contributed by atoms with Crippen LogP contribution in [0.1, 0.15) is 5.56 Å². The van der Waals surface area contributed by atoms with Crippen LogP contribution in [0.3, 0.4) is 0 Å². The van der Waals surface area contributed by atoms with Crippen molar-refractivity contribution in [3.8, 4) is 17.2 Å². The van der Waals surface area contributed by atoms with Crippen molar-refractivity contribution in [3.63, 3.8) is 0 Å². The molecule has 0 saturated carbocycles. The van der Waals surface area contributed by atoms with Gasteiger partial charge < -0.3 is 14.2 Å². The second kappa shape index (κ2) is 3.69. The van der Waals surface area contributed by atoms with E-state index in [-0.39, 0.29) is 0 Å². The van der Waals surface area contributed by atoms with Gasteiger partial charge in [0.2, 0.25) is 0 Å². The number of rotatable bonds is 2. The second-order valence-corrected chi connectivity index (χ2v) is 3.79. The van der Waals surface area contributed by atoms with Crippen LogP contribution in [0.2, 0.25) is 0 Å². The Bertz CT molecular complexity index is 362. The molecule has 1 aromatic rings. The third-order valence-electron chi connectivity index (χ3n) is 2.28. The first kappa shape index (κ1) is 9.65. The van der Waals surface area contributed by atoms with Crippen molar-refractivity contribution < 1.29 is 14.2 Å². The van der Waals surface area contributed by atoms with Crippen LogP contribution in [0.15, 0.2) is 10.5 Å². The van der Waals surface area contributed by atoms with Gasteiger partial charge in [-0.1, -0.05) is 0 Å². The number of methoxy groups -OCH3 is 2. The van der Waals surface area contributed by atoms with Crippen molar-refractivity contribution in [2.45, 2.75) is 6.42 Å². The van der Waals surface area contributed by atoms with Gasteiger partial charge in [0.05, 0.1) is 20.8 Å². The van der Waals surface area contributed by atoms with Crippen LogP contribution in [0.25, 0.3) is 0 Å². The minimum atomic E-state index is 0.714. The minimum absolute atomic E-state index is 0.714. The van der Waals surface area contributed by atoms with Crippen molar-refractivity contribution in [3.05, 3.63) is 16.1 Å². The van der Waals surface area contributed by atoms with Gasteiger partial charge in [0.25, 0.3) is 0 Å². The number of benzene rings is 1. The van der Waals surface area contributed by atoms with Crippen LogP contribution >= 0.6 is 15.9 Å². The first-order valence-corrected chi connectivity index (χ1v) is 5.13. The zero-order valence-corrected chi connectivity index (χ0v) is 9.68. The number of halogens is 1. The number of ether oxygens (including phenoxy) is 3. The summed E-state index contributed by atoms with van der Waals surface area (Å²) in [5.41, 5.74) is 1.11. The Hall–Kier alpha value is -0.900. The normalized spacial score (nSPS) is 13.4. The highest BCUT2D eigenvalue weighted by Gasteiger charge is 2.22. The molecule has 0 N–H and O–H groups in total. The summed E-state index contributed by atoms with van der Waals surface area (Å²) >= 11 is 3.45. The first-order valence-electron chi connectivity index (χ1n) is 4.34. The van der Waals surface area contributed by atoms with Crippen molar-refractivity contribution >= 4 is 15.9 Å². The fraction of sp³-hybridized carbons (Fsp3) is 0.400. The van der Waals surface area contributed by atoms with Crippen LogP contribution in [-0.2, 0) is 6.42 Å². The fourth-order valence-electron chi connectivity index (χ4n) is 1.62. The van der Waals surface area contributed by atoms with Crippen LogP contribution < -0.4 is 14.2 Å². The predicted molar refractivity (Wildman–Crippen MR) is 56.4 cm³/mol. The molecule has 0 saturated heterocycles. The van der Waals surface area contributed by atoms with Crippen molar-refractivity contribution in [2.75, 3.05) is 20.8 Å². The smallest absolute Gasteiger partial charge is 0.143 e. The molecule has 2 rings (SSSR count). The monoisotopic (exact) mass is 258 g/mol. The van der Waals surface area contributed by atoms with E-state index in [0.717, 1.165) is 33.7 Å². The molecule has 0 radical (unpaired) electrons. The molecule has 0 amide bonds. The maximum Gasteiger partial charge on any atom is 0.143 e. The zero-order chi connectivity index (χ0) is 10.1. The van der Waals surface area contributed by atoms with Gasteiger partial charge in [-0.3, -0.25) is 0 Å². The van der Waals surface area contributed by atoms with E-state index in [4.69, 9.17) is 14.2 Å². The maximum atomic E-state index is 5.46. The van der Waals surface area contributed by atoms with E-state index in [2.05, 4.69) is 15.9 Å². The quantitative estimate of drug-likeness (QED) is 0.816. The molecule has 0 aromatic heterocycles. The van der Waals surface area contributed by atoms with Crippen molar-refractivity contribution in [1.29, 1.82) is 0 Å². The summed E-state index contributed by atoms with van der Waals surface area (Å²) in [6, 6.07) is 1.88. The van der Waals surface area contributed by atoms with Crippen LogP contribution in [0.4, 0.5) is 0 Å². The molecule has 0 aliphatic carbocycles. The van der Waals surface area contributed by atoms with Crippen LogP contribution in [-0.4, -0.2) is 20.8 Å². The van der Waals surface area contributed by atoms with Crippen molar-refractivity contribution in [1.82, 2.24) is 0 Å². The molecule has 1 aliphatic rings. The summed E-state index contributed by atoms with van der Waals surface area (Å²) in [7, 11) is 3.28. The Morgan fingerprint density at radius 3 is 2.79 bits per heavy atom. The molecule has 4 heteroatoms. The lowest BCUT2D eigenvalue weighted by Crippen LogP contribution is -1.93. The third-order valence-corrected chi connectivity index (χ3v) is 3.03. The lowest BCUT2D eigenvalue weighted by Gasteiger charge is -2.11. The Balaban J connectivity index is 2.60. The highest BCUT2D eigenvalue weighted by molar-refractivity contribution is 9.10. The number of fused-ring (bicyclic) bond motifs is 1. The van der Waals surface area contributed by atoms with Gasteiger partial charge in [-0.25, -0.2) is 0 Å². The Morgan fingerprint density at radius 1 is 1.36 bits per heavy atom. The molecule has 0 atom stereocenters. The Labute approximate surface area is 91.1 Å². The molecular weight excluding hydrogens is 248 g/mol. The molecular formula is C10H11BrO3. The molecule has 0 fully saturated rings. The average molecular weight is 259 g/mol. The molecule has 1 heterocycles. The van der Waals surface area contributed by atoms with E-state index in [9.17, 15) is 0 Å². The Morgan fingerprint density at radius 2 is 2.14 bits per heavy atom. The summed E-state index contributed by atoms with van der Waals surface area (Å²) in [4.78, 5) is 0. The molecule has 3 nitrogen and oxygen atoms in total. The molecule has 1 aliphatic heterocycles. The van der Waals surface area contributed by atoms with Crippen LogP contribution in [0.5, 0.6) is 17.2 Å². The van der Waals surface area contributed by atoms with E-state index in [0.29, 0.717) is 6.61 Å². The molecule has 14 heavy (non-hydrogen) atoms. The van der Waals surface area contributed by atoms with Gasteiger partial charge in [0, 0.05) is 18.1 Å². The topological polar surface area (TPSA) is 27.7 Å². The van der Waals surface area contributed by atoms with E-state index in [1.54, 1.807) is 14.2 Å². The zero-order valence-electron chi connectivity index (χ0n) is 8.09. The molecule has 0 spiro atoms. The van der Waals surface area contributed by atoms with Gasteiger partial charge >= 0.3 is 0 Å². The Kier molecular flexibility index (Phi) is 2.54. The molecule has 76 valence electrons. The summed E-state index contributed by atoms with van der Waals surface area (Å²) in [6.45, 7) is 0.714. The predicted octanol–water partition coefficient (Wildman–Crippen LogP) is 2.40. The van der Waals surface area contributed by atoms with Gasteiger partial charge in [0.15, 0.2) is 0 Å². The SMILES string of the molecule is COc1cc2c(c(OC)c1Br)CCO2. The summed E-state index contributed by atoms with van der Waals surface area (Å²) in [5, 5.41) is 0. The molecule has 1 aromatic carbocycles. The summed E-state index contributed by atoms with van der Waals surface area (Å²) in [5.74, 6) is 2.42. The van der Waals surface area contributed by atoms with Crippen LogP contribution in [0, 0.1) is 0 Å². The van der Waals surface area contributed by atoms with E-state index in [1.165, 1.54) is 0 Å². The lowest BCUT2D eigenvalue weighted by molar-refractivity contribution is 0.351. The summed E-state index contributed by atoms with van der Waals surface area (Å²) in [6.07, 6.45) is 0.890. The summed E-state index contributed by atoms with van der Waals surface area (Å²) < 4.78 is 16.8. The van der Waals surface area contributed by atoms with E-state index < -0.39 is 0 Å². The largest absolute Gasteiger partial charge is 0.495 e. The van der Waals surface area contributed by atoms with Gasteiger partial charge in [0.1, 0.15) is 21.7 Å². The lowest BCUT2D eigenvalue weighted by atomic mass is 10.1.